The Labute approximate surface area is 69.8 Å². The predicted molar refractivity (Wildman–Crippen MR) is 47.6 cm³/mol. The molecular weight excluding hydrogens is 158 g/mol. The Hall–Kier alpha value is -0.960. The molecule has 0 radical (unpaired) electrons. The zero-order valence-electron chi connectivity index (χ0n) is 5.99. The van der Waals surface area contributed by atoms with E-state index in [0.29, 0.717) is 5.75 Å². The molecule has 11 heavy (non-hydrogen) atoms. The summed E-state index contributed by atoms with van der Waals surface area (Å²) in [5.74, 6) is 0.466. The Bertz CT molecular complexity index is 250. The molecule has 0 spiro atoms. The van der Waals surface area contributed by atoms with E-state index < -0.39 is 0 Å². The summed E-state index contributed by atoms with van der Waals surface area (Å²) in [7, 11) is 0. The Morgan fingerprint density at radius 2 is 2.18 bits per heavy atom. The SMILES string of the molecule is Nc1ccccc1SCC=O. The van der Waals surface area contributed by atoms with Gasteiger partial charge in [0.1, 0.15) is 6.29 Å². The first-order valence-electron chi connectivity index (χ1n) is 3.25. The van der Waals surface area contributed by atoms with Crippen molar-refractivity contribution < 1.29 is 4.79 Å². The molecule has 0 saturated carbocycles. The number of carbonyl (C=O) groups excluding carboxylic acids is 1. The Morgan fingerprint density at radius 1 is 1.45 bits per heavy atom. The third-order valence-electron chi connectivity index (χ3n) is 1.23. The van der Waals surface area contributed by atoms with Gasteiger partial charge in [-0.2, -0.15) is 0 Å². The van der Waals surface area contributed by atoms with Crippen molar-refractivity contribution in [2.75, 3.05) is 11.5 Å². The topological polar surface area (TPSA) is 43.1 Å². The molecule has 58 valence electrons. The lowest BCUT2D eigenvalue weighted by molar-refractivity contribution is -0.105. The zero-order valence-corrected chi connectivity index (χ0v) is 6.80. The van der Waals surface area contributed by atoms with Gasteiger partial charge in [0.15, 0.2) is 0 Å². The number of aldehydes is 1. The van der Waals surface area contributed by atoms with Gasteiger partial charge in [-0.3, -0.25) is 0 Å². The van der Waals surface area contributed by atoms with E-state index in [2.05, 4.69) is 0 Å². The lowest BCUT2D eigenvalue weighted by Crippen LogP contribution is -1.88. The van der Waals surface area contributed by atoms with E-state index in [-0.39, 0.29) is 0 Å². The van der Waals surface area contributed by atoms with Crippen LogP contribution in [0.15, 0.2) is 29.2 Å². The zero-order chi connectivity index (χ0) is 8.10. The summed E-state index contributed by atoms with van der Waals surface area (Å²) in [4.78, 5) is 11.0. The van der Waals surface area contributed by atoms with E-state index in [1.165, 1.54) is 11.8 Å². The third-order valence-corrected chi connectivity index (χ3v) is 2.21. The van der Waals surface area contributed by atoms with Crippen molar-refractivity contribution in [1.82, 2.24) is 0 Å². The van der Waals surface area contributed by atoms with Crippen molar-refractivity contribution in [3.05, 3.63) is 24.3 Å². The summed E-state index contributed by atoms with van der Waals surface area (Å²) >= 11 is 1.45. The molecule has 0 heterocycles. The third kappa shape index (κ3) is 2.27. The highest BCUT2D eigenvalue weighted by molar-refractivity contribution is 8.00. The second-order valence-corrected chi connectivity index (χ2v) is 3.08. The number of anilines is 1. The van der Waals surface area contributed by atoms with Gasteiger partial charge in [0.2, 0.25) is 0 Å². The number of nitrogens with two attached hydrogens (primary N) is 1. The molecular formula is C8H9NOS. The van der Waals surface area contributed by atoms with Crippen LogP contribution in [0.25, 0.3) is 0 Å². The van der Waals surface area contributed by atoms with E-state index in [4.69, 9.17) is 5.73 Å². The van der Waals surface area contributed by atoms with Gasteiger partial charge in [-0.1, -0.05) is 12.1 Å². The Kier molecular flexibility index (Phi) is 2.98. The number of para-hydroxylation sites is 1. The van der Waals surface area contributed by atoms with Crippen molar-refractivity contribution in [1.29, 1.82) is 0 Å². The van der Waals surface area contributed by atoms with E-state index in [1.54, 1.807) is 0 Å². The minimum Gasteiger partial charge on any atom is -0.398 e. The molecule has 0 aliphatic rings. The fourth-order valence-corrected chi connectivity index (χ4v) is 1.39. The highest BCUT2D eigenvalue weighted by atomic mass is 32.2. The number of benzene rings is 1. The van der Waals surface area contributed by atoms with Gasteiger partial charge in [-0.25, -0.2) is 0 Å². The van der Waals surface area contributed by atoms with Gasteiger partial charge in [-0.05, 0) is 12.1 Å². The van der Waals surface area contributed by atoms with Crippen molar-refractivity contribution in [3.8, 4) is 0 Å². The first-order valence-corrected chi connectivity index (χ1v) is 4.24. The van der Waals surface area contributed by atoms with Crippen LogP contribution in [-0.4, -0.2) is 12.0 Å². The molecule has 0 aliphatic carbocycles. The molecule has 0 aliphatic heterocycles. The second kappa shape index (κ2) is 4.03. The van der Waals surface area contributed by atoms with Crippen molar-refractivity contribution in [2.45, 2.75) is 4.90 Å². The van der Waals surface area contributed by atoms with E-state index in [9.17, 15) is 4.79 Å². The van der Waals surface area contributed by atoms with Gasteiger partial charge in [0.05, 0.1) is 5.75 Å². The first kappa shape index (κ1) is 8.14. The van der Waals surface area contributed by atoms with E-state index >= 15 is 0 Å². The normalized spacial score (nSPS) is 9.45. The lowest BCUT2D eigenvalue weighted by Gasteiger charge is -2.00. The fraction of sp³-hybridized carbons (Fsp3) is 0.125. The smallest absolute Gasteiger partial charge is 0.130 e. The highest BCUT2D eigenvalue weighted by Crippen LogP contribution is 2.22. The van der Waals surface area contributed by atoms with Crippen LogP contribution in [-0.2, 0) is 4.79 Å². The van der Waals surface area contributed by atoms with Crippen molar-refractivity contribution >= 4 is 23.7 Å². The monoisotopic (exact) mass is 167 g/mol. The highest BCUT2D eigenvalue weighted by Gasteiger charge is 1.95. The van der Waals surface area contributed by atoms with Gasteiger partial charge in [-0.15, -0.1) is 11.8 Å². The van der Waals surface area contributed by atoms with E-state index in [1.807, 2.05) is 24.3 Å². The van der Waals surface area contributed by atoms with Crippen LogP contribution < -0.4 is 5.73 Å². The lowest BCUT2D eigenvalue weighted by atomic mass is 10.3. The standard InChI is InChI=1S/C8H9NOS/c9-7-3-1-2-4-8(7)11-6-5-10/h1-5H,6,9H2. The molecule has 1 rings (SSSR count). The molecule has 0 saturated heterocycles. The molecule has 0 amide bonds. The average molecular weight is 167 g/mol. The van der Waals surface area contributed by atoms with Crippen LogP contribution in [0.3, 0.4) is 0 Å². The Morgan fingerprint density at radius 3 is 2.82 bits per heavy atom. The number of carbonyl (C=O) groups is 1. The Balaban J connectivity index is 2.69. The number of hydrogen-bond acceptors (Lipinski definition) is 3. The van der Waals surface area contributed by atoms with Crippen LogP contribution in [0.1, 0.15) is 0 Å². The molecule has 0 unspecified atom stereocenters. The van der Waals surface area contributed by atoms with Gasteiger partial charge < -0.3 is 10.5 Å². The van der Waals surface area contributed by atoms with Gasteiger partial charge >= 0.3 is 0 Å². The molecule has 0 aromatic heterocycles. The summed E-state index contributed by atoms with van der Waals surface area (Å²) in [6.07, 6.45) is 0.872. The van der Waals surface area contributed by atoms with Crippen LogP contribution in [0.2, 0.25) is 0 Å². The van der Waals surface area contributed by atoms with Crippen molar-refractivity contribution in [2.24, 2.45) is 0 Å². The fourth-order valence-electron chi connectivity index (χ4n) is 0.736. The number of thioether (sulfide) groups is 1. The molecule has 0 atom stereocenters. The molecule has 1 aromatic rings. The van der Waals surface area contributed by atoms with E-state index in [0.717, 1.165) is 16.9 Å². The average Bonchev–Trinajstić information content (AvgIpc) is 2.03. The summed E-state index contributed by atoms with van der Waals surface area (Å²) in [6.45, 7) is 0. The largest absolute Gasteiger partial charge is 0.398 e. The number of rotatable bonds is 3. The molecule has 0 bridgehead atoms. The minimum absolute atomic E-state index is 0.466. The summed E-state index contributed by atoms with van der Waals surface area (Å²) < 4.78 is 0. The van der Waals surface area contributed by atoms with Crippen molar-refractivity contribution in [3.63, 3.8) is 0 Å². The van der Waals surface area contributed by atoms with Gasteiger partial charge in [0.25, 0.3) is 0 Å². The maximum absolute atomic E-state index is 10.0. The maximum Gasteiger partial charge on any atom is 0.130 e. The molecule has 1 aromatic carbocycles. The molecule has 0 fully saturated rings. The molecule has 2 nitrogen and oxygen atoms in total. The quantitative estimate of drug-likeness (QED) is 0.422. The number of hydrogen-bond donors (Lipinski definition) is 1. The summed E-state index contributed by atoms with van der Waals surface area (Å²) in [5, 5.41) is 0. The minimum atomic E-state index is 0.466. The summed E-state index contributed by atoms with van der Waals surface area (Å²) in [5.41, 5.74) is 6.36. The second-order valence-electron chi connectivity index (χ2n) is 2.02. The summed E-state index contributed by atoms with van der Waals surface area (Å²) in [6, 6.07) is 7.51. The number of nitrogen functional groups attached to an aromatic ring is 1. The maximum atomic E-state index is 10.0. The van der Waals surface area contributed by atoms with Crippen LogP contribution in [0.5, 0.6) is 0 Å². The molecule has 2 N–H and O–H groups in total. The van der Waals surface area contributed by atoms with Crippen LogP contribution in [0.4, 0.5) is 5.69 Å². The van der Waals surface area contributed by atoms with Gasteiger partial charge in [0, 0.05) is 10.6 Å². The molecule has 3 heteroatoms. The van der Waals surface area contributed by atoms with Crippen LogP contribution in [0, 0.1) is 0 Å². The predicted octanol–water partition coefficient (Wildman–Crippen LogP) is 1.56. The van der Waals surface area contributed by atoms with Crippen LogP contribution >= 0.6 is 11.8 Å². The first-order chi connectivity index (χ1) is 5.34.